The van der Waals surface area contributed by atoms with Crippen molar-refractivity contribution < 1.29 is 0 Å². The molecule has 2 unspecified atom stereocenters. The SMILES string of the molecule is C[C@@H](CN)NCC1C2CCCC21. The summed E-state index contributed by atoms with van der Waals surface area (Å²) in [5, 5.41) is 3.50. The second-order valence-corrected chi connectivity index (χ2v) is 4.47. The quantitative estimate of drug-likeness (QED) is 0.656. The largest absolute Gasteiger partial charge is 0.329 e. The van der Waals surface area contributed by atoms with Gasteiger partial charge in [-0.2, -0.15) is 0 Å². The number of nitrogens with two attached hydrogens (primary N) is 1. The van der Waals surface area contributed by atoms with Gasteiger partial charge >= 0.3 is 0 Å². The Morgan fingerprint density at radius 3 is 2.67 bits per heavy atom. The van der Waals surface area contributed by atoms with E-state index in [0.717, 1.165) is 24.3 Å². The smallest absolute Gasteiger partial charge is 0.0162 e. The van der Waals surface area contributed by atoms with E-state index in [0.29, 0.717) is 6.04 Å². The van der Waals surface area contributed by atoms with Crippen LogP contribution in [0, 0.1) is 17.8 Å². The molecule has 0 radical (unpaired) electrons. The Hall–Kier alpha value is -0.0800. The van der Waals surface area contributed by atoms with Crippen LogP contribution >= 0.6 is 0 Å². The monoisotopic (exact) mass is 168 g/mol. The minimum Gasteiger partial charge on any atom is -0.329 e. The van der Waals surface area contributed by atoms with Gasteiger partial charge in [-0.05, 0) is 44.1 Å². The van der Waals surface area contributed by atoms with Crippen molar-refractivity contribution in [3.63, 3.8) is 0 Å². The maximum atomic E-state index is 5.53. The highest BCUT2D eigenvalue weighted by Crippen LogP contribution is 2.56. The van der Waals surface area contributed by atoms with Crippen LogP contribution in [0.25, 0.3) is 0 Å². The fraction of sp³-hybridized carbons (Fsp3) is 1.00. The molecule has 0 bridgehead atoms. The summed E-state index contributed by atoms with van der Waals surface area (Å²) in [6.07, 6.45) is 4.47. The van der Waals surface area contributed by atoms with E-state index in [4.69, 9.17) is 5.73 Å². The summed E-state index contributed by atoms with van der Waals surface area (Å²) in [6.45, 7) is 4.15. The fourth-order valence-corrected chi connectivity index (χ4v) is 2.69. The van der Waals surface area contributed by atoms with Gasteiger partial charge in [-0.1, -0.05) is 6.42 Å². The predicted octanol–water partition coefficient (Wildman–Crippen LogP) is 0.969. The van der Waals surface area contributed by atoms with E-state index in [2.05, 4.69) is 12.2 Å². The molecule has 2 fully saturated rings. The number of fused-ring (bicyclic) bond motifs is 1. The molecule has 0 spiro atoms. The summed E-state index contributed by atoms with van der Waals surface area (Å²) in [5.41, 5.74) is 5.53. The fourth-order valence-electron chi connectivity index (χ4n) is 2.69. The Morgan fingerprint density at radius 2 is 2.08 bits per heavy atom. The molecule has 0 amide bonds. The average molecular weight is 168 g/mol. The third-order valence-electron chi connectivity index (χ3n) is 3.64. The first-order valence-electron chi connectivity index (χ1n) is 5.26. The highest BCUT2D eigenvalue weighted by atomic mass is 14.9. The van der Waals surface area contributed by atoms with Crippen molar-refractivity contribution in [2.45, 2.75) is 32.2 Å². The summed E-state index contributed by atoms with van der Waals surface area (Å²) < 4.78 is 0. The van der Waals surface area contributed by atoms with Gasteiger partial charge in [-0.25, -0.2) is 0 Å². The number of nitrogens with one attached hydrogen (secondary N) is 1. The molecule has 0 saturated heterocycles. The van der Waals surface area contributed by atoms with Crippen LogP contribution in [0.2, 0.25) is 0 Å². The molecule has 12 heavy (non-hydrogen) atoms. The summed E-state index contributed by atoms with van der Waals surface area (Å²) in [7, 11) is 0. The van der Waals surface area contributed by atoms with Gasteiger partial charge in [-0.3, -0.25) is 0 Å². The van der Waals surface area contributed by atoms with E-state index in [1.54, 1.807) is 0 Å². The van der Waals surface area contributed by atoms with Crippen LogP contribution in [0.1, 0.15) is 26.2 Å². The predicted molar refractivity (Wildman–Crippen MR) is 50.8 cm³/mol. The van der Waals surface area contributed by atoms with Crippen molar-refractivity contribution in [2.75, 3.05) is 13.1 Å². The van der Waals surface area contributed by atoms with Crippen LogP contribution in [0.4, 0.5) is 0 Å². The van der Waals surface area contributed by atoms with Crippen LogP contribution in [-0.4, -0.2) is 19.1 Å². The highest BCUT2D eigenvalue weighted by Gasteiger charge is 2.51. The molecule has 2 heteroatoms. The molecule has 0 aromatic heterocycles. The van der Waals surface area contributed by atoms with Crippen molar-refractivity contribution in [1.29, 1.82) is 0 Å². The summed E-state index contributed by atoms with van der Waals surface area (Å²) in [5.74, 6) is 3.18. The molecule has 0 aliphatic heterocycles. The minimum absolute atomic E-state index is 0.506. The maximum absolute atomic E-state index is 5.53. The number of rotatable bonds is 4. The van der Waals surface area contributed by atoms with Crippen LogP contribution < -0.4 is 11.1 Å². The van der Waals surface area contributed by atoms with Gasteiger partial charge in [0.1, 0.15) is 0 Å². The molecule has 2 rings (SSSR count). The Balaban J connectivity index is 1.63. The Kier molecular flexibility index (Phi) is 2.37. The third-order valence-corrected chi connectivity index (χ3v) is 3.64. The van der Waals surface area contributed by atoms with Crippen LogP contribution in [0.5, 0.6) is 0 Å². The maximum Gasteiger partial charge on any atom is 0.0162 e. The molecule has 0 heterocycles. The molecule has 2 aliphatic carbocycles. The van der Waals surface area contributed by atoms with E-state index in [-0.39, 0.29) is 0 Å². The lowest BCUT2D eigenvalue weighted by Crippen LogP contribution is -2.35. The van der Waals surface area contributed by atoms with E-state index < -0.39 is 0 Å². The molecule has 0 aromatic rings. The van der Waals surface area contributed by atoms with Crippen molar-refractivity contribution in [2.24, 2.45) is 23.5 Å². The molecular weight excluding hydrogens is 148 g/mol. The zero-order chi connectivity index (χ0) is 8.55. The van der Waals surface area contributed by atoms with Crippen LogP contribution in [0.3, 0.4) is 0 Å². The third kappa shape index (κ3) is 1.50. The topological polar surface area (TPSA) is 38.0 Å². The molecular formula is C10H20N2. The lowest BCUT2D eigenvalue weighted by molar-refractivity contribution is 0.485. The summed E-state index contributed by atoms with van der Waals surface area (Å²) in [4.78, 5) is 0. The first-order chi connectivity index (χ1) is 5.83. The van der Waals surface area contributed by atoms with Gasteiger partial charge in [0.2, 0.25) is 0 Å². The number of hydrogen-bond donors (Lipinski definition) is 2. The standard InChI is InChI=1S/C10H20N2/c1-7(5-11)12-6-10-8-3-2-4-9(8)10/h7-10,12H,2-6,11H2,1H3/t7-,8?,9?,10?/m0/s1. The van der Waals surface area contributed by atoms with Gasteiger partial charge < -0.3 is 11.1 Å². The molecule has 70 valence electrons. The lowest BCUT2D eigenvalue weighted by Gasteiger charge is -2.11. The molecule has 2 saturated carbocycles. The van der Waals surface area contributed by atoms with Crippen molar-refractivity contribution in [1.82, 2.24) is 5.32 Å². The molecule has 2 aliphatic rings. The minimum atomic E-state index is 0.506. The van der Waals surface area contributed by atoms with Gasteiger partial charge in [0.05, 0.1) is 0 Å². The number of hydrogen-bond acceptors (Lipinski definition) is 2. The van der Waals surface area contributed by atoms with Gasteiger partial charge in [-0.15, -0.1) is 0 Å². The van der Waals surface area contributed by atoms with E-state index in [1.165, 1.54) is 25.8 Å². The van der Waals surface area contributed by atoms with Crippen molar-refractivity contribution >= 4 is 0 Å². The van der Waals surface area contributed by atoms with Crippen LogP contribution in [-0.2, 0) is 0 Å². The second-order valence-electron chi connectivity index (χ2n) is 4.47. The molecule has 3 atom stereocenters. The van der Waals surface area contributed by atoms with E-state index in [9.17, 15) is 0 Å². The zero-order valence-corrected chi connectivity index (χ0v) is 7.92. The molecule has 3 N–H and O–H groups in total. The lowest BCUT2D eigenvalue weighted by atomic mass is 10.1. The van der Waals surface area contributed by atoms with Crippen molar-refractivity contribution in [3.05, 3.63) is 0 Å². The average Bonchev–Trinajstić information content (AvgIpc) is 2.55. The molecule has 0 aromatic carbocycles. The van der Waals surface area contributed by atoms with Gasteiger partial charge in [0.15, 0.2) is 0 Å². The Morgan fingerprint density at radius 1 is 1.42 bits per heavy atom. The van der Waals surface area contributed by atoms with E-state index in [1.807, 2.05) is 0 Å². The van der Waals surface area contributed by atoms with Gasteiger partial charge in [0, 0.05) is 12.6 Å². The summed E-state index contributed by atoms with van der Waals surface area (Å²) >= 11 is 0. The van der Waals surface area contributed by atoms with Crippen molar-refractivity contribution in [3.8, 4) is 0 Å². The highest BCUT2D eigenvalue weighted by molar-refractivity contribution is 5.01. The first-order valence-corrected chi connectivity index (χ1v) is 5.26. The normalized spacial score (nSPS) is 41.0. The van der Waals surface area contributed by atoms with Crippen LogP contribution in [0.15, 0.2) is 0 Å². The second kappa shape index (κ2) is 3.35. The molecule has 2 nitrogen and oxygen atoms in total. The first kappa shape index (κ1) is 8.52. The van der Waals surface area contributed by atoms with E-state index >= 15 is 0 Å². The van der Waals surface area contributed by atoms with Gasteiger partial charge in [0.25, 0.3) is 0 Å². The Labute approximate surface area is 74.9 Å². The zero-order valence-electron chi connectivity index (χ0n) is 7.92. The Bertz CT molecular complexity index is 148. The summed E-state index contributed by atoms with van der Waals surface area (Å²) in [6, 6.07) is 0.506.